The van der Waals surface area contributed by atoms with Gasteiger partial charge in [-0.25, -0.2) is 13.6 Å². The third-order valence-corrected chi connectivity index (χ3v) is 4.45. The Bertz CT molecular complexity index is 591. The fourth-order valence-electron chi connectivity index (χ4n) is 2.28. The highest BCUT2D eigenvalue weighted by molar-refractivity contribution is 7.89. The molecule has 1 fully saturated rings. The van der Waals surface area contributed by atoms with E-state index in [4.69, 9.17) is 15.6 Å². The average Bonchev–Trinajstić information content (AvgIpc) is 2.45. The minimum Gasteiger partial charge on any atom is -0.397 e. The molecule has 0 aromatic heterocycles. The van der Waals surface area contributed by atoms with Crippen molar-refractivity contribution in [3.63, 3.8) is 0 Å². The van der Waals surface area contributed by atoms with Crippen LogP contribution in [0.1, 0.15) is 6.92 Å². The molecule has 7 nitrogen and oxygen atoms in total. The van der Waals surface area contributed by atoms with Crippen molar-refractivity contribution in [2.75, 3.05) is 43.8 Å². The van der Waals surface area contributed by atoms with E-state index in [1.165, 1.54) is 18.2 Å². The molecular formula is C13H22N4O3S. The summed E-state index contributed by atoms with van der Waals surface area (Å²) >= 11 is 0. The summed E-state index contributed by atoms with van der Waals surface area (Å²) in [6, 6.07) is 4.37. The van der Waals surface area contributed by atoms with Gasteiger partial charge in [0.1, 0.15) is 0 Å². The zero-order valence-electron chi connectivity index (χ0n) is 12.1. The molecule has 2 rings (SSSR count). The number of rotatable bonds is 5. The minimum atomic E-state index is -3.73. The molecule has 0 saturated carbocycles. The minimum absolute atomic E-state index is 0.0407. The first-order chi connectivity index (χ1) is 9.90. The quantitative estimate of drug-likeness (QED) is 0.662. The van der Waals surface area contributed by atoms with Crippen molar-refractivity contribution in [1.82, 2.24) is 4.90 Å². The molecule has 0 radical (unpaired) electrons. The smallest absolute Gasteiger partial charge is 0.238 e. The van der Waals surface area contributed by atoms with Crippen LogP contribution in [0.3, 0.4) is 0 Å². The summed E-state index contributed by atoms with van der Waals surface area (Å²) in [6.07, 6.45) is 0.0521. The molecule has 118 valence electrons. The van der Waals surface area contributed by atoms with Crippen LogP contribution in [0.5, 0.6) is 0 Å². The number of hydrogen-bond acceptors (Lipinski definition) is 6. The molecule has 5 N–H and O–H groups in total. The molecular weight excluding hydrogens is 292 g/mol. The second kappa shape index (κ2) is 6.61. The molecule has 1 unspecified atom stereocenters. The Morgan fingerprint density at radius 2 is 2.24 bits per heavy atom. The Kier molecular flexibility index (Phi) is 5.04. The average molecular weight is 314 g/mol. The first-order valence-corrected chi connectivity index (χ1v) is 8.45. The van der Waals surface area contributed by atoms with Gasteiger partial charge in [-0.1, -0.05) is 6.92 Å². The number of likely N-dealkylation sites (N-methyl/N-ethyl adjacent to an activating group) is 1. The Hall–Kier alpha value is -1.35. The molecule has 0 amide bonds. The Morgan fingerprint density at radius 3 is 2.90 bits per heavy atom. The summed E-state index contributed by atoms with van der Waals surface area (Å²) in [5.74, 6) is 0. The van der Waals surface area contributed by atoms with Crippen molar-refractivity contribution >= 4 is 21.4 Å². The number of morpholine rings is 1. The monoisotopic (exact) mass is 314 g/mol. The number of nitrogens with one attached hydrogen (secondary N) is 1. The first kappa shape index (κ1) is 16.0. The molecule has 8 heteroatoms. The van der Waals surface area contributed by atoms with E-state index < -0.39 is 10.0 Å². The van der Waals surface area contributed by atoms with Gasteiger partial charge >= 0.3 is 0 Å². The lowest BCUT2D eigenvalue weighted by Gasteiger charge is -2.32. The summed E-state index contributed by atoms with van der Waals surface area (Å²) < 4.78 is 28.4. The van der Waals surface area contributed by atoms with Crippen LogP contribution in [0.4, 0.5) is 11.4 Å². The van der Waals surface area contributed by atoms with Gasteiger partial charge in [-0.2, -0.15) is 0 Å². The van der Waals surface area contributed by atoms with Crippen molar-refractivity contribution in [2.24, 2.45) is 5.14 Å². The maximum absolute atomic E-state index is 11.4. The van der Waals surface area contributed by atoms with Crippen molar-refractivity contribution < 1.29 is 13.2 Å². The van der Waals surface area contributed by atoms with Crippen LogP contribution in [0.15, 0.2) is 23.1 Å². The normalized spacial score (nSPS) is 20.4. The third kappa shape index (κ3) is 4.31. The van der Waals surface area contributed by atoms with Crippen LogP contribution in [0, 0.1) is 0 Å². The highest BCUT2D eigenvalue weighted by atomic mass is 32.2. The lowest BCUT2D eigenvalue weighted by molar-refractivity contribution is -0.0191. The summed E-state index contributed by atoms with van der Waals surface area (Å²) in [5, 5.41) is 8.27. The van der Waals surface area contributed by atoms with E-state index in [9.17, 15) is 8.42 Å². The number of nitrogen functional groups attached to an aromatic ring is 1. The SMILES string of the molecule is CCN1CCOC(CNc2cc(S(N)(=O)=O)ccc2N)C1. The standard InChI is InChI=1S/C13H22N4O3S/c1-2-17-5-6-20-10(9-17)8-16-13-7-11(21(15,18)19)3-4-12(13)14/h3-4,7,10,16H,2,5-6,8-9,14H2,1H3,(H2,15,18,19). The van der Waals surface area contributed by atoms with Crippen molar-refractivity contribution in [1.29, 1.82) is 0 Å². The van der Waals surface area contributed by atoms with Gasteiger partial charge in [0.25, 0.3) is 0 Å². The predicted molar refractivity (Wildman–Crippen MR) is 82.6 cm³/mol. The van der Waals surface area contributed by atoms with E-state index in [1.54, 1.807) is 0 Å². The zero-order chi connectivity index (χ0) is 15.5. The van der Waals surface area contributed by atoms with E-state index in [-0.39, 0.29) is 11.0 Å². The van der Waals surface area contributed by atoms with Gasteiger partial charge in [0.15, 0.2) is 0 Å². The van der Waals surface area contributed by atoms with Gasteiger partial charge in [-0.3, -0.25) is 4.90 Å². The van der Waals surface area contributed by atoms with Crippen molar-refractivity contribution in [3.05, 3.63) is 18.2 Å². The van der Waals surface area contributed by atoms with Crippen molar-refractivity contribution in [2.45, 2.75) is 17.9 Å². The second-order valence-electron chi connectivity index (χ2n) is 5.06. The molecule has 21 heavy (non-hydrogen) atoms. The lowest BCUT2D eigenvalue weighted by Crippen LogP contribution is -2.45. The molecule has 1 aromatic rings. The number of hydrogen-bond donors (Lipinski definition) is 3. The van der Waals surface area contributed by atoms with Crippen LogP contribution in [0.2, 0.25) is 0 Å². The molecule has 0 bridgehead atoms. The van der Waals surface area contributed by atoms with Gasteiger partial charge in [-0.15, -0.1) is 0 Å². The molecule has 1 aromatic carbocycles. The van der Waals surface area contributed by atoms with E-state index >= 15 is 0 Å². The van der Waals surface area contributed by atoms with Crippen LogP contribution < -0.4 is 16.2 Å². The summed E-state index contributed by atoms with van der Waals surface area (Å²) in [4.78, 5) is 2.35. The van der Waals surface area contributed by atoms with E-state index in [0.717, 1.165) is 19.6 Å². The summed E-state index contributed by atoms with van der Waals surface area (Å²) in [7, 11) is -3.73. The van der Waals surface area contributed by atoms with Crippen LogP contribution in [0.25, 0.3) is 0 Å². The van der Waals surface area contributed by atoms with Crippen molar-refractivity contribution in [3.8, 4) is 0 Å². The number of anilines is 2. The summed E-state index contributed by atoms with van der Waals surface area (Å²) in [5.41, 5.74) is 6.88. The van der Waals surface area contributed by atoms with E-state index in [1.807, 2.05) is 0 Å². The molecule has 1 atom stereocenters. The Morgan fingerprint density at radius 1 is 1.48 bits per heavy atom. The molecule has 1 heterocycles. The maximum atomic E-state index is 11.4. The van der Waals surface area contributed by atoms with Gasteiger partial charge in [0.05, 0.1) is 29.0 Å². The van der Waals surface area contributed by atoms with Gasteiger partial charge in [-0.05, 0) is 24.7 Å². The Labute approximate surface area is 125 Å². The molecule has 0 spiro atoms. The van der Waals surface area contributed by atoms with Crippen LogP contribution >= 0.6 is 0 Å². The fraction of sp³-hybridized carbons (Fsp3) is 0.538. The van der Waals surface area contributed by atoms with E-state index in [0.29, 0.717) is 24.5 Å². The highest BCUT2D eigenvalue weighted by Gasteiger charge is 2.19. The highest BCUT2D eigenvalue weighted by Crippen LogP contribution is 2.22. The fourth-order valence-corrected chi connectivity index (χ4v) is 2.82. The number of nitrogens with zero attached hydrogens (tertiary/aromatic N) is 1. The summed E-state index contributed by atoms with van der Waals surface area (Å²) in [6.45, 7) is 6.16. The predicted octanol–water partition coefficient (Wildman–Crippen LogP) is 0.0488. The number of ether oxygens (including phenoxy) is 1. The number of sulfonamides is 1. The number of nitrogens with two attached hydrogens (primary N) is 2. The topological polar surface area (TPSA) is 111 Å². The van der Waals surface area contributed by atoms with Gasteiger partial charge in [0, 0.05) is 19.6 Å². The first-order valence-electron chi connectivity index (χ1n) is 6.90. The Balaban J connectivity index is 2.02. The van der Waals surface area contributed by atoms with E-state index in [2.05, 4.69) is 17.1 Å². The lowest BCUT2D eigenvalue weighted by atomic mass is 10.2. The molecule has 1 aliphatic rings. The van der Waals surface area contributed by atoms with Crippen LogP contribution in [-0.4, -0.2) is 52.2 Å². The second-order valence-corrected chi connectivity index (χ2v) is 6.62. The van der Waals surface area contributed by atoms with Gasteiger partial charge < -0.3 is 15.8 Å². The molecule has 0 aliphatic carbocycles. The van der Waals surface area contributed by atoms with Gasteiger partial charge in [0.2, 0.25) is 10.0 Å². The zero-order valence-corrected chi connectivity index (χ0v) is 12.9. The number of primary sulfonamides is 1. The number of benzene rings is 1. The third-order valence-electron chi connectivity index (χ3n) is 3.54. The maximum Gasteiger partial charge on any atom is 0.238 e. The van der Waals surface area contributed by atoms with Crippen LogP contribution in [-0.2, 0) is 14.8 Å². The molecule has 1 saturated heterocycles. The largest absolute Gasteiger partial charge is 0.397 e. The molecule has 1 aliphatic heterocycles.